The van der Waals surface area contributed by atoms with E-state index in [4.69, 9.17) is 21.9 Å². The number of nitrogens with two attached hydrogens (primary N) is 1. The Bertz CT molecular complexity index is 578. The zero-order chi connectivity index (χ0) is 14.8. The van der Waals surface area contributed by atoms with Gasteiger partial charge in [0, 0.05) is 17.0 Å². The molecule has 2 rings (SSSR count). The number of hydrogen-bond donors (Lipinski definition) is 1. The Kier molecular flexibility index (Phi) is 4.40. The molecule has 20 heavy (non-hydrogen) atoms. The predicted molar refractivity (Wildman–Crippen MR) is 75.0 cm³/mol. The van der Waals surface area contributed by atoms with Crippen molar-refractivity contribution in [3.8, 4) is 0 Å². The van der Waals surface area contributed by atoms with Crippen LogP contribution >= 0.6 is 11.6 Å². The molecule has 0 saturated carbocycles. The van der Waals surface area contributed by atoms with E-state index < -0.39 is 5.54 Å². The van der Waals surface area contributed by atoms with Gasteiger partial charge < -0.3 is 10.3 Å². The van der Waals surface area contributed by atoms with Crippen molar-refractivity contribution in [1.29, 1.82) is 0 Å². The van der Waals surface area contributed by atoms with Gasteiger partial charge >= 0.3 is 0 Å². The Labute approximate surface area is 122 Å². The van der Waals surface area contributed by atoms with E-state index >= 15 is 0 Å². The van der Waals surface area contributed by atoms with Crippen LogP contribution in [0.4, 0.5) is 4.39 Å². The third-order valence-electron chi connectivity index (χ3n) is 3.12. The highest BCUT2D eigenvalue weighted by Crippen LogP contribution is 2.24. The van der Waals surface area contributed by atoms with Crippen LogP contribution in [0.25, 0.3) is 0 Å². The topological polar surface area (TPSA) is 64.9 Å². The second kappa shape index (κ2) is 5.89. The van der Waals surface area contributed by atoms with Gasteiger partial charge in [-0.2, -0.15) is 4.98 Å². The van der Waals surface area contributed by atoms with E-state index in [2.05, 4.69) is 10.1 Å². The van der Waals surface area contributed by atoms with Crippen molar-refractivity contribution in [3.05, 3.63) is 46.3 Å². The summed E-state index contributed by atoms with van der Waals surface area (Å²) in [5.74, 6) is 0.356. The van der Waals surface area contributed by atoms with E-state index in [9.17, 15) is 4.39 Å². The lowest BCUT2D eigenvalue weighted by molar-refractivity contribution is 0.282. The smallest absolute Gasteiger partial charge is 0.246 e. The molecule has 0 aliphatic heterocycles. The van der Waals surface area contributed by atoms with Crippen molar-refractivity contribution in [2.75, 3.05) is 0 Å². The van der Waals surface area contributed by atoms with Crippen molar-refractivity contribution in [2.45, 2.75) is 38.6 Å². The number of halogens is 2. The summed E-state index contributed by atoms with van der Waals surface area (Å²) < 4.78 is 18.9. The highest BCUT2D eigenvalue weighted by atomic mass is 35.5. The highest BCUT2D eigenvalue weighted by molar-refractivity contribution is 6.31. The average Bonchev–Trinajstić information content (AvgIpc) is 2.83. The Morgan fingerprint density at radius 3 is 2.85 bits per heavy atom. The zero-order valence-corrected chi connectivity index (χ0v) is 12.2. The minimum Gasteiger partial charge on any atom is -0.337 e. The Morgan fingerprint density at radius 1 is 1.45 bits per heavy atom. The highest BCUT2D eigenvalue weighted by Gasteiger charge is 2.27. The first-order valence-electron chi connectivity index (χ1n) is 6.49. The fraction of sp³-hybridized carbons (Fsp3) is 0.429. The average molecular weight is 298 g/mol. The van der Waals surface area contributed by atoms with Crippen LogP contribution in [0.1, 0.15) is 44.0 Å². The number of aromatic nitrogens is 2. The van der Waals surface area contributed by atoms with Gasteiger partial charge in [0.15, 0.2) is 5.82 Å². The van der Waals surface area contributed by atoms with Gasteiger partial charge in [-0.25, -0.2) is 4.39 Å². The van der Waals surface area contributed by atoms with Crippen LogP contribution in [0.5, 0.6) is 0 Å². The molecule has 0 aliphatic carbocycles. The number of hydrogen-bond acceptors (Lipinski definition) is 4. The lowest BCUT2D eigenvalue weighted by Gasteiger charge is -2.18. The number of rotatable bonds is 5. The van der Waals surface area contributed by atoms with Crippen LogP contribution in [-0.4, -0.2) is 10.1 Å². The summed E-state index contributed by atoms with van der Waals surface area (Å²) in [4.78, 5) is 4.25. The summed E-state index contributed by atoms with van der Waals surface area (Å²) in [5.41, 5.74) is 5.81. The van der Waals surface area contributed by atoms with Crippen molar-refractivity contribution < 1.29 is 8.91 Å². The summed E-state index contributed by atoms with van der Waals surface area (Å²) in [7, 11) is 0. The predicted octanol–water partition coefficient (Wildman–Crippen LogP) is 3.43. The molecule has 2 N–H and O–H groups in total. The molecule has 0 radical (unpaired) electrons. The minimum absolute atomic E-state index is 0.178. The summed E-state index contributed by atoms with van der Waals surface area (Å²) >= 11 is 5.97. The van der Waals surface area contributed by atoms with Crippen LogP contribution in [0.15, 0.2) is 22.7 Å². The molecule has 1 atom stereocenters. The van der Waals surface area contributed by atoms with Crippen molar-refractivity contribution in [1.82, 2.24) is 10.1 Å². The Balaban J connectivity index is 2.22. The lowest BCUT2D eigenvalue weighted by Crippen LogP contribution is -2.33. The molecule has 1 heterocycles. The number of nitrogens with zero attached hydrogens (tertiary/aromatic N) is 2. The second-order valence-corrected chi connectivity index (χ2v) is 5.47. The first kappa shape index (κ1) is 14.9. The molecule has 6 heteroatoms. The van der Waals surface area contributed by atoms with Gasteiger partial charge in [-0.3, -0.25) is 0 Å². The minimum atomic E-state index is -0.668. The van der Waals surface area contributed by atoms with Gasteiger partial charge in [-0.05, 0) is 25.5 Å². The summed E-state index contributed by atoms with van der Waals surface area (Å²) in [6.45, 7) is 3.87. The van der Waals surface area contributed by atoms with Crippen LogP contribution in [0.2, 0.25) is 5.02 Å². The van der Waals surface area contributed by atoms with Gasteiger partial charge in [0.05, 0.1) is 5.54 Å². The first-order chi connectivity index (χ1) is 9.44. The quantitative estimate of drug-likeness (QED) is 0.918. The summed E-state index contributed by atoms with van der Waals surface area (Å²) in [6, 6.07) is 4.54. The van der Waals surface area contributed by atoms with Crippen LogP contribution in [0, 0.1) is 5.82 Å². The molecule has 108 valence electrons. The normalized spacial score (nSPS) is 14.2. The Hall–Kier alpha value is -1.46. The maximum atomic E-state index is 13.7. The standard InChI is InChI=1S/C14H17ClFN3O/c1-3-7-14(2,17)13-18-12(19-20-13)8-9-10(15)5-4-6-11(9)16/h4-6H,3,7-8,17H2,1-2H3. The molecule has 0 saturated heterocycles. The SMILES string of the molecule is CCCC(C)(N)c1nc(Cc2c(F)cccc2Cl)no1. The molecular formula is C14H17ClFN3O. The van der Waals surface area contributed by atoms with Crippen molar-refractivity contribution in [2.24, 2.45) is 5.73 Å². The molecule has 0 bridgehead atoms. The fourth-order valence-electron chi connectivity index (χ4n) is 2.04. The molecule has 0 aliphatic rings. The molecular weight excluding hydrogens is 281 g/mol. The van der Waals surface area contributed by atoms with Crippen LogP contribution in [0.3, 0.4) is 0 Å². The summed E-state index contributed by atoms with van der Waals surface area (Å²) in [5, 5.41) is 4.20. The first-order valence-corrected chi connectivity index (χ1v) is 6.86. The van der Waals surface area contributed by atoms with Crippen molar-refractivity contribution in [3.63, 3.8) is 0 Å². The molecule has 1 unspecified atom stereocenters. The van der Waals surface area contributed by atoms with Crippen LogP contribution < -0.4 is 5.73 Å². The van der Waals surface area contributed by atoms with E-state index in [1.807, 2.05) is 13.8 Å². The molecule has 1 aromatic heterocycles. The molecule has 4 nitrogen and oxygen atoms in total. The largest absolute Gasteiger partial charge is 0.337 e. The molecule has 2 aromatic rings. The van der Waals surface area contributed by atoms with E-state index in [1.54, 1.807) is 12.1 Å². The molecule has 0 spiro atoms. The molecule has 0 fully saturated rings. The van der Waals surface area contributed by atoms with Gasteiger partial charge in [0.2, 0.25) is 5.89 Å². The lowest BCUT2D eigenvalue weighted by atomic mass is 9.98. The van der Waals surface area contributed by atoms with E-state index in [0.29, 0.717) is 22.3 Å². The van der Waals surface area contributed by atoms with Crippen molar-refractivity contribution >= 4 is 11.6 Å². The monoisotopic (exact) mass is 297 g/mol. The van der Waals surface area contributed by atoms with E-state index in [1.165, 1.54) is 6.07 Å². The van der Waals surface area contributed by atoms with Crippen LogP contribution in [-0.2, 0) is 12.0 Å². The maximum absolute atomic E-state index is 13.7. The summed E-state index contributed by atoms with van der Waals surface area (Å²) in [6.07, 6.45) is 1.82. The second-order valence-electron chi connectivity index (χ2n) is 5.06. The Morgan fingerprint density at radius 2 is 2.20 bits per heavy atom. The zero-order valence-electron chi connectivity index (χ0n) is 11.5. The maximum Gasteiger partial charge on any atom is 0.246 e. The molecule has 0 amide bonds. The van der Waals surface area contributed by atoms with Gasteiger partial charge in [0.1, 0.15) is 5.82 Å². The van der Waals surface area contributed by atoms with E-state index in [0.717, 1.165) is 12.8 Å². The van der Waals surface area contributed by atoms with Gasteiger partial charge in [-0.15, -0.1) is 0 Å². The molecule has 1 aromatic carbocycles. The fourth-order valence-corrected chi connectivity index (χ4v) is 2.27. The van der Waals surface area contributed by atoms with Gasteiger partial charge in [-0.1, -0.05) is 36.2 Å². The number of benzene rings is 1. The van der Waals surface area contributed by atoms with E-state index in [-0.39, 0.29) is 12.2 Å². The third kappa shape index (κ3) is 3.16. The van der Waals surface area contributed by atoms with Gasteiger partial charge in [0.25, 0.3) is 0 Å². The third-order valence-corrected chi connectivity index (χ3v) is 3.48.